The second kappa shape index (κ2) is 6.59. The second-order valence-corrected chi connectivity index (χ2v) is 5.87. The van der Waals surface area contributed by atoms with Gasteiger partial charge in [0, 0.05) is 18.3 Å². The zero-order valence-electron chi connectivity index (χ0n) is 13.3. The van der Waals surface area contributed by atoms with Gasteiger partial charge in [-0.2, -0.15) is 0 Å². The summed E-state index contributed by atoms with van der Waals surface area (Å²) >= 11 is 0. The smallest absolute Gasteiger partial charge is 0.174 e. The molecule has 20 heavy (non-hydrogen) atoms. The highest BCUT2D eigenvalue weighted by molar-refractivity contribution is 6.03. The first kappa shape index (κ1) is 16.3. The maximum absolute atomic E-state index is 9.03. The van der Waals surface area contributed by atoms with Crippen LogP contribution in [0.3, 0.4) is 0 Å². The van der Waals surface area contributed by atoms with Crippen molar-refractivity contribution in [1.29, 1.82) is 0 Å². The van der Waals surface area contributed by atoms with E-state index in [1.165, 1.54) is 0 Å². The van der Waals surface area contributed by atoms with Crippen LogP contribution in [-0.4, -0.2) is 28.6 Å². The maximum Gasteiger partial charge on any atom is 0.174 e. The number of oxime groups is 1. The first-order valence-electron chi connectivity index (χ1n) is 7.00. The number of aromatic nitrogens is 1. The third-order valence-electron chi connectivity index (χ3n) is 3.17. The third kappa shape index (κ3) is 3.62. The van der Waals surface area contributed by atoms with Gasteiger partial charge in [0.1, 0.15) is 0 Å². The Morgan fingerprint density at radius 1 is 1.35 bits per heavy atom. The first-order valence-corrected chi connectivity index (χ1v) is 7.00. The van der Waals surface area contributed by atoms with Gasteiger partial charge in [-0.15, -0.1) is 0 Å². The van der Waals surface area contributed by atoms with Crippen molar-refractivity contribution in [3.05, 3.63) is 23.0 Å². The average molecular weight is 278 g/mol. The van der Waals surface area contributed by atoms with Crippen LogP contribution in [0.2, 0.25) is 0 Å². The normalized spacial score (nSPS) is 12.3. The quantitative estimate of drug-likeness (QED) is 0.376. The number of nitrogens with zero attached hydrogens (tertiary/aromatic N) is 3. The summed E-state index contributed by atoms with van der Waals surface area (Å²) in [5.74, 6) is 0.630. The molecule has 0 atom stereocenters. The Bertz CT molecular complexity index is 495. The van der Waals surface area contributed by atoms with Crippen LogP contribution in [0.4, 0.5) is 5.69 Å². The van der Waals surface area contributed by atoms with Crippen LogP contribution in [0, 0.1) is 19.8 Å². The molecule has 0 unspecified atom stereocenters. The standard InChI is InChI=1S/C15H26N4O/c1-9(2)8-19(10(3)4)13-7-11(5)17-12(6)14(13)15(16)18-20/h7,9-10,20H,8H2,1-6H3,(H2,16,18). The van der Waals surface area contributed by atoms with Gasteiger partial charge in [0.05, 0.1) is 16.9 Å². The van der Waals surface area contributed by atoms with Gasteiger partial charge >= 0.3 is 0 Å². The number of pyridine rings is 1. The van der Waals surface area contributed by atoms with E-state index in [1.807, 2.05) is 19.9 Å². The van der Waals surface area contributed by atoms with E-state index in [0.717, 1.165) is 23.6 Å². The molecular formula is C15H26N4O. The summed E-state index contributed by atoms with van der Waals surface area (Å²) in [4.78, 5) is 6.70. The Balaban J connectivity index is 3.46. The van der Waals surface area contributed by atoms with Crippen molar-refractivity contribution < 1.29 is 5.21 Å². The van der Waals surface area contributed by atoms with Crippen molar-refractivity contribution in [2.45, 2.75) is 47.6 Å². The fourth-order valence-electron chi connectivity index (χ4n) is 2.38. The summed E-state index contributed by atoms with van der Waals surface area (Å²) < 4.78 is 0. The predicted molar refractivity (Wildman–Crippen MR) is 83.5 cm³/mol. The largest absolute Gasteiger partial charge is 0.409 e. The third-order valence-corrected chi connectivity index (χ3v) is 3.17. The van der Waals surface area contributed by atoms with Crippen molar-refractivity contribution in [1.82, 2.24) is 4.98 Å². The summed E-state index contributed by atoms with van der Waals surface area (Å²) in [5.41, 5.74) is 9.26. The minimum Gasteiger partial charge on any atom is -0.409 e. The van der Waals surface area contributed by atoms with Gasteiger partial charge in [-0.05, 0) is 39.7 Å². The van der Waals surface area contributed by atoms with Crippen LogP contribution in [0.25, 0.3) is 0 Å². The van der Waals surface area contributed by atoms with Crippen molar-refractivity contribution >= 4 is 11.5 Å². The molecule has 0 aliphatic heterocycles. The lowest BCUT2D eigenvalue weighted by atomic mass is 10.1. The lowest BCUT2D eigenvalue weighted by Gasteiger charge is -2.33. The van der Waals surface area contributed by atoms with Gasteiger partial charge < -0.3 is 15.8 Å². The molecular weight excluding hydrogens is 252 g/mol. The maximum atomic E-state index is 9.03. The lowest BCUT2D eigenvalue weighted by Crippen LogP contribution is -2.36. The summed E-state index contributed by atoms with van der Waals surface area (Å²) in [6.45, 7) is 13.4. The number of aryl methyl sites for hydroxylation is 2. The SMILES string of the molecule is Cc1cc(N(CC(C)C)C(C)C)c(/C(N)=N/O)c(C)n1. The van der Waals surface area contributed by atoms with Gasteiger partial charge in [-0.25, -0.2) is 0 Å². The minimum absolute atomic E-state index is 0.111. The highest BCUT2D eigenvalue weighted by atomic mass is 16.4. The predicted octanol–water partition coefficient (Wildman–Crippen LogP) is 2.66. The number of rotatable bonds is 5. The zero-order chi connectivity index (χ0) is 15.4. The fourth-order valence-corrected chi connectivity index (χ4v) is 2.38. The summed E-state index contributed by atoms with van der Waals surface area (Å²) in [6, 6.07) is 2.33. The van der Waals surface area contributed by atoms with E-state index in [2.05, 4.69) is 42.7 Å². The Labute approximate surface area is 121 Å². The average Bonchev–Trinajstić information content (AvgIpc) is 2.33. The fraction of sp³-hybridized carbons (Fsp3) is 0.600. The van der Waals surface area contributed by atoms with E-state index in [0.29, 0.717) is 17.5 Å². The van der Waals surface area contributed by atoms with Gasteiger partial charge in [0.15, 0.2) is 5.84 Å². The highest BCUT2D eigenvalue weighted by Crippen LogP contribution is 2.26. The van der Waals surface area contributed by atoms with Crippen LogP contribution in [0.5, 0.6) is 0 Å². The topological polar surface area (TPSA) is 74.7 Å². The number of anilines is 1. The molecule has 0 fully saturated rings. The van der Waals surface area contributed by atoms with Gasteiger partial charge in [0.2, 0.25) is 0 Å². The Hall–Kier alpha value is -1.78. The Morgan fingerprint density at radius 2 is 1.95 bits per heavy atom. The Morgan fingerprint density at radius 3 is 2.40 bits per heavy atom. The molecule has 1 aromatic rings. The molecule has 0 spiro atoms. The zero-order valence-corrected chi connectivity index (χ0v) is 13.3. The van der Waals surface area contributed by atoms with Crippen LogP contribution >= 0.6 is 0 Å². The number of hydrogen-bond acceptors (Lipinski definition) is 4. The molecule has 0 aromatic carbocycles. The van der Waals surface area contributed by atoms with Gasteiger partial charge in [0.25, 0.3) is 0 Å². The monoisotopic (exact) mass is 278 g/mol. The second-order valence-electron chi connectivity index (χ2n) is 5.87. The first-order chi connectivity index (χ1) is 9.27. The van der Waals surface area contributed by atoms with Gasteiger partial charge in [-0.3, -0.25) is 4.98 Å². The van der Waals surface area contributed by atoms with Crippen molar-refractivity contribution in [2.75, 3.05) is 11.4 Å². The highest BCUT2D eigenvalue weighted by Gasteiger charge is 2.20. The molecule has 0 saturated carbocycles. The molecule has 112 valence electrons. The van der Waals surface area contributed by atoms with Crippen molar-refractivity contribution in [3.8, 4) is 0 Å². The van der Waals surface area contributed by atoms with E-state index in [4.69, 9.17) is 10.9 Å². The lowest BCUT2D eigenvalue weighted by molar-refractivity contribution is 0.318. The van der Waals surface area contributed by atoms with E-state index in [-0.39, 0.29) is 5.84 Å². The molecule has 1 heterocycles. The van der Waals surface area contributed by atoms with E-state index >= 15 is 0 Å². The van der Waals surface area contributed by atoms with Crippen LogP contribution in [-0.2, 0) is 0 Å². The summed E-state index contributed by atoms with van der Waals surface area (Å²) in [7, 11) is 0. The molecule has 0 saturated heterocycles. The Kier molecular flexibility index (Phi) is 5.36. The van der Waals surface area contributed by atoms with Crippen LogP contribution in [0.1, 0.15) is 44.6 Å². The molecule has 5 nitrogen and oxygen atoms in total. The van der Waals surface area contributed by atoms with E-state index < -0.39 is 0 Å². The minimum atomic E-state index is 0.111. The van der Waals surface area contributed by atoms with Crippen molar-refractivity contribution in [2.24, 2.45) is 16.8 Å². The molecule has 3 N–H and O–H groups in total. The molecule has 0 bridgehead atoms. The summed E-state index contributed by atoms with van der Waals surface area (Å²) in [6.07, 6.45) is 0. The molecule has 0 radical (unpaired) electrons. The number of hydrogen-bond donors (Lipinski definition) is 2. The molecule has 0 aliphatic carbocycles. The summed E-state index contributed by atoms with van der Waals surface area (Å²) in [5, 5.41) is 12.2. The van der Waals surface area contributed by atoms with Crippen molar-refractivity contribution in [3.63, 3.8) is 0 Å². The molecule has 0 aliphatic rings. The van der Waals surface area contributed by atoms with Crippen LogP contribution < -0.4 is 10.6 Å². The molecule has 0 amide bonds. The number of nitrogens with two attached hydrogens (primary N) is 1. The molecule has 1 rings (SSSR count). The van der Waals surface area contributed by atoms with Crippen LogP contribution in [0.15, 0.2) is 11.2 Å². The molecule has 1 aromatic heterocycles. The van der Waals surface area contributed by atoms with E-state index in [9.17, 15) is 0 Å². The van der Waals surface area contributed by atoms with Gasteiger partial charge in [-0.1, -0.05) is 19.0 Å². The molecule has 5 heteroatoms. The van der Waals surface area contributed by atoms with E-state index in [1.54, 1.807) is 0 Å². The number of amidine groups is 1.